The molecular formula is C18H16N4O4. The lowest BCUT2D eigenvalue weighted by atomic mass is 10.1. The van der Waals surface area contributed by atoms with Crippen molar-refractivity contribution in [3.05, 3.63) is 69.8 Å². The smallest absolute Gasteiger partial charge is 0.289 e. The summed E-state index contributed by atoms with van der Waals surface area (Å²) in [6.07, 6.45) is 3.67. The fraction of sp³-hybridized carbons (Fsp3) is 0.222. The first-order valence-electron chi connectivity index (χ1n) is 8.17. The largest absolute Gasteiger partial charge is 0.453 e. The Bertz CT molecular complexity index is 1010. The number of H-pyrrole nitrogens is 1. The number of aliphatic hydroxyl groups is 1. The molecule has 0 fully saturated rings. The second-order valence-electron chi connectivity index (χ2n) is 5.98. The maximum atomic E-state index is 12.6. The Morgan fingerprint density at radius 1 is 1.27 bits per heavy atom. The summed E-state index contributed by atoms with van der Waals surface area (Å²) in [5.41, 5.74) is 1.74. The lowest BCUT2D eigenvalue weighted by Crippen LogP contribution is -2.39. The van der Waals surface area contributed by atoms with E-state index in [2.05, 4.69) is 15.0 Å². The van der Waals surface area contributed by atoms with Gasteiger partial charge in [-0.15, -0.1) is 0 Å². The number of aromatic nitrogens is 3. The van der Waals surface area contributed by atoms with Gasteiger partial charge in [-0.2, -0.15) is 0 Å². The number of rotatable bonds is 3. The van der Waals surface area contributed by atoms with E-state index in [-0.39, 0.29) is 30.4 Å². The van der Waals surface area contributed by atoms with Crippen LogP contribution < -0.4 is 5.56 Å². The van der Waals surface area contributed by atoms with Gasteiger partial charge < -0.3 is 19.4 Å². The molecule has 0 radical (unpaired) electrons. The highest BCUT2D eigenvalue weighted by atomic mass is 16.4. The molecule has 0 saturated heterocycles. The van der Waals surface area contributed by atoms with Crippen LogP contribution >= 0.6 is 0 Å². The van der Waals surface area contributed by atoms with Crippen LogP contribution in [0.15, 0.2) is 45.9 Å². The van der Waals surface area contributed by atoms with Crippen LogP contribution in [0.25, 0.3) is 11.4 Å². The van der Waals surface area contributed by atoms with Crippen molar-refractivity contribution in [2.45, 2.75) is 19.6 Å². The maximum Gasteiger partial charge on any atom is 0.289 e. The van der Waals surface area contributed by atoms with Crippen molar-refractivity contribution in [3.8, 4) is 11.4 Å². The van der Waals surface area contributed by atoms with Crippen molar-refractivity contribution < 1.29 is 14.3 Å². The average molecular weight is 352 g/mol. The Hall–Kier alpha value is -3.26. The highest BCUT2D eigenvalue weighted by molar-refractivity contribution is 5.91. The van der Waals surface area contributed by atoms with Gasteiger partial charge in [0.15, 0.2) is 5.76 Å². The molecular weight excluding hydrogens is 336 g/mol. The average Bonchev–Trinajstić information content (AvgIpc) is 3.17. The minimum Gasteiger partial charge on any atom is -0.453 e. The lowest BCUT2D eigenvalue weighted by molar-refractivity contribution is 0.0694. The SMILES string of the molecule is O=C(c1ccc(CO)o1)N1CCc2c(nc(-c3ccncc3)[nH]c2=O)C1. The predicted octanol–water partition coefficient (Wildman–Crippen LogP) is 1.12. The van der Waals surface area contributed by atoms with Crippen LogP contribution in [0.4, 0.5) is 0 Å². The predicted molar refractivity (Wildman–Crippen MR) is 91.2 cm³/mol. The van der Waals surface area contributed by atoms with Crippen LogP contribution in [0.1, 0.15) is 27.6 Å². The van der Waals surface area contributed by atoms with E-state index >= 15 is 0 Å². The van der Waals surface area contributed by atoms with Crippen LogP contribution in [0.2, 0.25) is 0 Å². The molecule has 132 valence electrons. The molecule has 8 heteroatoms. The first kappa shape index (κ1) is 16.2. The van der Waals surface area contributed by atoms with Crippen molar-refractivity contribution in [3.63, 3.8) is 0 Å². The van der Waals surface area contributed by atoms with Gasteiger partial charge in [-0.1, -0.05) is 0 Å². The highest BCUT2D eigenvalue weighted by Gasteiger charge is 2.27. The Labute approximate surface area is 148 Å². The molecule has 26 heavy (non-hydrogen) atoms. The van der Waals surface area contributed by atoms with E-state index in [1.807, 2.05) is 0 Å². The number of hydrogen-bond donors (Lipinski definition) is 2. The summed E-state index contributed by atoms with van der Waals surface area (Å²) in [5.74, 6) is 0.658. The normalized spacial score (nSPS) is 13.5. The number of hydrogen-bond acceptors (Lipinski definition) is 6. The fourth-order valence-corrected chi connectivity index (χ4v) is 2.99. The van der Waals surface area contributed by atoms with Crippen molar-refractivity contribution >= 4 is 5.91 Å². The van der Waals surface area contributed by atoms with E-state index in [9.17, 15) is 9.59 Å². The van der Waals surface area contributed by atoms with Gasteiger partial charge in [-0.05, 0) is 30.7 Å². The van der Waals surface area contributed by atoms with Crippen molar-refractivity contribution in [1.29, 1.82) is 0 Å². The molecule has 3 aromatic heterocycles. The Balaban J connectivity index is 1.64. The molecule has 3 aromatic rings. The molecule has 0 atom stereocenters. The van der Waals surface area contributed by atoms with Crippen molar-refractivity contribution in [2.75, 3.05) is 6.54 Å². The van der Waals surface area contributed by atoms with E-state index in [0.717, 1.165) is 5.56 Å². The third kappa shape index (κ3) is 2.91. The van der Waals surface area contributed by atoms with Crippen molar-refractivity contribution in [1.82, 2.24) is 19.9 Å². The third-order valence-corrected chi connectivity index (χ3v) is 4.34. The zero-order valence-electron chi connectivity index (χ0n) is 13.8. The molecule has 1 aliphatic heterocycles. The van der Waals surface area contributed by atoms with E-state index < -0.39 is 0 Å². The summed E-state index contributed by atoms with van der Waals surface area (Å²) in [5, 5.41) is 9.07. The van der Waals surface area contributed by atoms with E-state index in [1.165, 1.54) is 6.07 Å². The monoisotopic (exact) mass is 352 g/mol. The molecule has 1 aliphatic rings. The second-order valence-corrected chi connectivity index (χ2v) is 5.98. The van der Waals surface area contributed by atoms with Gasteiger partial charge in [-0.3, -0.25) is 14.6 Å². The number of fused-ring (bicyclic) bond motifs is 1. The summed E-state index contributed by atoms with van der Waals surface area (Å²) < 4.78 is 5.32. The minimum absolute atomic E-state index is 0.164. The molecule has 4 heterocycles. The van der Waals surface area contributed by atoms with Gasteiger partial charge in [0.25, 0.3) is 11.5 Å². The van der Waals surface area contributed by atoms with E-state index in [1.54, 1.807) is 35.5 Å². The zero-order chi connectivity index (χ0) is 18.1. The standard InChI is InChI=1S/C18H16N4O4/c23-10-12-1-2-15(26-12)18(25)22-8-5-13-14(9-22)20-16(21-17(13)24)11-3-6-19-7-4-11/h1-4,6-7,23H,5,8-10H2,(H,20,21,24). The number of nitrogens with zero attached hydrogens (tertiary/aromatic N) is 3. The Morgan fingerprint density at radius 3 is 2.81 bits per heavy atom. The molecule has 2 N–H and O–H groups in total. The quantitative estimate of drug-likeness (QED) is 0.730. The summed E-state index contributed by atoms with van der Waals surface area (Å²) >= 11 is 0. The number of carbonyl (C=O) groups excluding carboxylic acids is 1. The molecule has 4 rings (SSSR count). The molecule has 0 unspecified atom stereocenters. The minimum atomic E-state index is -0.289. The molecule has 0 aliphatic carbocycles. The molecule has 0 spiro atoms. The lowest BCUT2D eigenvalue weighted by Gasteiger charge is -2.27. The molecule has 8 nitrogen and oxygen atoms in total. The number of aromatic amines is 1. The topological polar surface area (TPSA) is 112 Å². The Kier molecular flexibility index (Phi) is 4.10. The molecule has 1 amide bonds. The number of nitrogens with one attached hydrogen (secondary N) is 1. The Morgan fingerprint density at radius 2 is 2.08 bits per heavy atom. The van der Waals surface area contributed by atoms with Crippen LogP contribution in [0.5, 0.6) is 0 Å². The van der Waals surface area contributed by atoms with E-state index in [4.69, 9.17) is 9.52 Å². The summed E-state index contributed by atoms with van der Waals surface area (Å²) in [4.78, 5) is 37.9. The fourth-order valence-electron chi connectivity index (χ4n) is 2.99. The van der Waals surface area contributed by atoms with Gasteiger partial charge in [0.1, 0.15) is 18.2 Å². The van der Waals surface area contributed by atoms with Crippen LogP contribution in [-0.4, -0.2) is 37.4 Å². The summed E-state index contributed by atoms with van der Waals surface area (Å²) in [6.45, 7) is 0.369. The van der Waals surface area contributed by atoms with Crippen LogP contribution in [-0.2, 0) is 19.6 Å². The molecule has 0 aromatic carbocycles. The molecule has 0 saturated carbocycles. The summed E-state index contributed by atoms with van der Waals surface area (Å²) in [6, 6.07) is 6.62. The zero-order valence-corrected chi connectivity index (χ0v) is 13.8. The van der Waals surface area contributed by atoms with Gasteiger partial charge >= 0.3 is 0 Å². The number of pyridine rings is 1. The van der Waals surface area contributed by atoms with Crippen LogP contribution in [0, 0.1) is 0 Å². The first-order valence-corrected chi connectivity index (χ1v) is 8.17. The van der Waals surface area contributed by atoms with Crippen LogP contribution in [0.3, 0.4) is 0 Å². The van der Waals surface area contributed by atoms with Gasteiger partial charge in [0.05, 0.1) is 12.2 Å². The second kappa shape index (κ2) is 6.57. The van der Waals surface area contributed by atoms with Gasteiger partial charge in [0.2, 0.25) is 0 Å². The number of aliphatic hydroxyl groups excluding tert-OH is 1. The van der Waals surface area contributed by atoms with E-state index in [0.29, 0.717) is 35.8 Å². The summed E-state index contributed by atoms with van der Waals surface area (Å²) in [7, 11) is 0. The van der Waals surface area contributed by atoms with Gasteiger partial charge in [0, 0.05) is 30.1 Å². The molecule has 0 bridgehead atoms. The first-order chi connectivity index (χ1) is 12.7. The number of carbonyl (C=O) groups is 1. The van der Waals surface area contributed by atoms with Gasteiger partial charge in [-0.25, -0.2) is 4.98 Å². The highest BCUT2D eigenvalue weighted by Crippen LogP contribution is 2.20. The third-order valence-electron chi connectivity index (χ3n) is 4.34. The number of amides is 1. The van der Waals surface area contributed by atoms with Crippen molar-refractivity contribution in [2.24, 2.45) is 0 Å². The maximum absolute atomic E-state index is 12.6. The number of furan rings is 1.